The van der Waals surface area contributed by atoms with Crippen LogP contribution in [0.2, 0.25) is 0 Å². The summed E-state index contributed by atoms with van der Waals surface area (Å²) >= 11 is 0. The molecular weight excluding hydrogens is 312 g/mol. The molecule has 0 bridgehead atoms. The van der Waals surface area contributed by atoms with E-state index in [-0.39, 0.29) is 5.97 Å². The third-order valence-electron chi connectivity index (χ3n) is 4.30. The van der Waals surface area contributed by atoms with Crippen LogP contribution in [0.4, 0.5) is 5.69 Å². The van der Waals surface area contributed by atoms with Crippen molar-refractivity contribution in [1.29, 1.82) is 0 Å². The molecule has 1 aliphatic rings. The van der Waals surface area contributed by atoms with Gasteiger partial charge in [0, 0.05) is 17.6 Å². The molecule has 0 fully saturated rings. The van der Waals surface area contributed by atoms with E-state index >= 15 is 0 Å². The van der Waals surface area contributed by atoms with Gasteiger partial charge in [0.2, 0.25) is 0 Å². The summed E-state index contributed by atoms with van der Waals surface area (Å²) in [5.41, 5.74) is 12.9. The van der Waals surface area contributed by atoms with Crippen molar-refractivity contribution in [2.75, 3.05) is 6.61 Å². The number of rotatable bonds is 3. The average Bonchev–Trinajstić information content (AvgIpc) is 2.72. The summed E-state index contributed by atoms with van der Waals surface area (Å²) in [6.45, 7) is 6.33. The standard InChI is InChI=1S/C21H22N2O2/c1-4-25-21(24)17-11-16-10-15(8-9-18(16)23-19(22)12-17)20-13(2)6-5-7-14(20)3/h5-11H,4,12H2,1-3H3,(H2,22,23). The number of aliphatic imine (C=N–C) groups is 1. The number of carbonyl (C=O) groups is 1. The Morgan fingerprint density at radius 1 is 1.20 bits per heavy atom. The van der Waals surface area contributed by atoms with Gasteiger partial charge in [-0.1, -0.05) is 24.3 Å². The van der Waals surface area contributed by atoms with Gasteiger partial charge >= 0.3 is 5.97 Å². The maximum atomic E-state index is 12.2. The third kappa shape index (κ3) is 3.48. The fourth-order valence-electron chi connectivity index (χ4n) is 3.18. The van der Waals surface area contributed by atoms with Crippen LogP contribution in [0.25, 0.3) is 17.2 Å². The van der Waals surface area contributed by atoms with Gasteiger partial charge in [-0.25, -0.2) is 9.79 Å². The lowest BCUT2D eigenvalue weighted by Gasteiger charge is -2.12. The van der Waals surface area contributed by atoms with Crippen LogP contribution in [0.15, 0.2) is 47.0 Å². The summed E-state index contributed by atoms with van der Waals surface area (Å²) < 4.78 is 5.14. The van der Waals surface area contributed by atoms with E-state index in [4.69, 9.17) is 10.5 Å². The van der Waals surface area contributed by atoms with E-state index in [0.29, 0.717) is 24.4 Å². The molecule has 2 aromatic carbocycles. The summed E-state index contributed by atoms with van der Waals surface area (Å²) in [5, 5.41) is 0. The normalized spacial score (nSPS) is 13.4. The minimum Gasteiger partial charge on any atom is -0.463 e. The number of nitrogens with zero attached hydrogens (tertiary/aromatic N) is 1. The van der Waals surface area contributed by atoms with E-state index in [0.717, 1.165) is 16.8 Å². The number of benzene rings is 2. The second-order valence-electron chi connectivity index (χ2n) is 6.21. The summed E-state index contributed by atoms with van der Waals surface area (Å²) in [6.07, 6.45) is 2.14. The second kappa shape index (κ2) is 6.93. The number of esters is 1. The van der Waals surface area contributed by atoms with E-state index < -0.39 is 0 Å². The smallest absolute Gasteiger partial charge is 0.334 e. The van der Waals surface area contributed by atoms with Crippen LogP contribution in [0.1, 0.15) is 30.0 Å². The summed E-state index contributed by atoms with van der Waals surface area (Å²) in [6, 6.07) is 12.3. The molecule has 0 aromatic heterocycles. The van der Waals surface area contributed by atoms with Crippen molar-refractivity contribution in [2.45, 2.75) is 27.2 Å². The summed E-state index contributed by atoms with van der Waals surface area (Å²) in [5.74, 6) is 0.0730. The SMILES string of the molecule is CCOC(=O)C1=Cc2cc(-c3c(C)cccc3C)ccc2N=C(N)C1. The quantitative estimate of drug-likeness (QED) is 0.851. The fourth-order valence-corrected chi connectivity index (χ4v) is 3.18. The van der Waals surface area contributed by atoms with E-state index in [2.05, 4.69) is 43.1 Å². The zero-order valence-electron chi connectivity index (χ0n) is 14.8. The number of nitrogens with two attached hydrogens (primary N) is 1. The van der Waals surface area contributed by atoms with E-state index in [9.17, 15) is 4.79 Å². The number of amidine groups is 1. The number of aryl methyl sites for hydroxylation is 2. The van der Waals surface area contributed by atoms with Gasteiger partial charge in [0.05, 0.1) is 12.3 Å². The number of ether oxygens (including phenoxy) is 1. The van der Waals surface area contributed by atoms with Gasteiger partial charge < -0.3 is 10.5 Å². The lowest BCUT2D eigenvalue weighted by molar-refractivity contribution is -0.138. The Balaban J connectivity index is 2.13. The molecule has 0 amide bonds. The Hall–Kier alpha value is -2.88. The number of hydrogen-bond donors (Lipinski definition) is 1. The van der Waals surface area contributed by atoms with Crippen LogP contribution in [0.3, 0.4) is 0 Å². The van der Waals surface area contributed by atoms with Gasteiger partial charge in [-0.05, 0) is 61.2 Å². The number of carbonyl (C=O) groups excluding carboxylic acids is 1. The predicted octanol–water partition coefficient (Wildman–Crippen LogP) is 4.31. The molecular formula is C21H22N2O2. The zero-order valence-corrected chi connectivity index (χ0v) is 14.8. The van der Waals surface area contributed by atoms with Crippen molar-refractivity contribution in [2.24, 2.45) is 10.7 Å². The van der Waals surface area contributed by atoms with Crippen molar-refractivity contribution in [3.8, 4) is 11.1 Å². The molecule has 0 saturated heterocycles. The van der Waals surface area contributed by atoms with Crippen LogP contribution in [-0.2, 0) is 9.53 Å². The molecule has 0 atom stereocenters. The highest BCUT2D eigenvalue weighted by Crippen LogP contribution is 2.34. The van der Waals surface area contributed by atoms with Gasteiger partial charge in [0.15, 0.2) is 0 Å². The van der Waals surface area contributed by atoms with Crippen LogP contribution in [0, 0.1) is 13.8 Å². The van der Waals surface area contributed by atoms with Gasteiger partial charge in [0.1, 0.15) is 5.84 Å². The van der Waals surface area contributed by atoms with E-state index in [1.165, 1.54) is 16.7 Å². The maximum absolute atomic E-state index is 12.2. The molecule has 1 aliphatic heterocycles. The van der Waals surface area contributed by atoms with E-state index in [1.807, 2.05) is 18.2 Å². The molecule has 4 heteroatoms. The minimum absolute atomic E-state index is 0.298. The lowest BCUT2D eigenvalue weighted by Crippen LogP contribution is -2.16. The number of fused-ring (bicyclic) bond motifs is 1. The molecule has 0 radical (unpaired) electrons. The molecule has 3 rings (SSSR count). The molecule has 2 aromatic rings. The predicted molar refractivity (Wildman–Crippen MR) is 102 cm³/mol. The van der Waals surface area contributed by atoms with Gasteiger partial charge in [-0.15, -0.1) is 0 Å². The van der Waals surface area contributed by atoms with Crippen molar-refractivity contribution >= 4 is 23.6 Å². The average molecular weight is 334 g/mol. The molecule has 4 nitrogen and oxygen atoms in total. The highest BCUT2D eigenvalue weighted by Gasteiger charge is 2.18. The first-order valence-corrected chi connectivity index (χ1v) is 8.41. The van der Waals surface area contributed by atoms with Crippen molar-refractivity contribution in [3.63, 3.8) is 0 Å². The van der Waals surface area contributed by atoms with Gasteiger partial charge in [-0.2, -0.15) is 0 Å². The molecule has 0 saturated carbocycles. The summed E-state index contributed by atoms with van der Waals surface area (Å²) in [4.78, 5) is 16.6. The fraction of sp³-hybridized carbons (Fsp3) is 0.238. The highest BCUT2D eigenvalue weighted by molar-refractivity contribution is 6.03. The topological polar surface area (TPSA) is 64.7 Å². The minimum atomic E-state index is -0.342. The molecule has 1 heterocycles. The molecule has 128 valence electrons. The molecule has 0 aliphatic carbocycles. The lowest BCUT2D eigenvalue weighted by atomic mass is 9.94. The van der Waals surface area contributed by atoms with Crippen molar-refractivity contribution < 1.29 is 9.53 Å². The highest BCUT2D eigenvalue weighted by atomic mass is 16.5. The maximum Gasteiger partial charge on any atom is 0.334 e. The van der Waals surface area contributed by atoms with Crippen LogP contribution < -0.4 is 5.73 Å². The third-order valence-corrected chi connectivity index (χ3v) is 4.30. The van der Waals surface area contributed by atoms with Crippen molar-refractivity contribution in [1.82, 2.24) is 0 Å². The Kier molecular flexibility index (Phi) is 4.70. The Labute approximate surface area is 148 Å². The monoisotopic (exact) mass is 334 g/mol. The van der Waals surface area contributed by atoms with Crippen LogP contribution >= 0.6 is 0 Å². The van der Waals surface area contributed by atoms with Crippen LogP contribution in [0.5, 0.6) is 0 Å². The largest absolute Gasteiger partial charge is 0.463 e. The molecule has 0 spiro atoms. The van der Waals surface area contributed by atoms with Crippen molar-refractivity contribution in [3.05, 3.63) is 58.7 Å². The Morgan fingerprint density at radius 2 is 1.92 bits per heavy atom. The molecule has 25 heavy (non-hydrogen) atoms. The summed E-state index contributed by atoms with van der Waals surface area (Å²) in [7, 11) is 0. The molecule has 0 unspecified atom stereocenters. The zero-order chi connectivity index (χ0) is 18.0. The molecule has 2 N–H and O–H groups in total. The second-order valence-corrected chi connectivity index (χ2v) is 6.21. The number of hydrogen-bond acceptors (Lipinski definition) is 4. The van der Waals surface area contributed by atoms with Gasteiger partial charge in [-0.3, -0.25) is 0 Å². The Bertz CT molecular complexity index is 875. The first kappa shape index (κ1) is 17.0. The van der Waals surface area contributed by atoms with Crippen LogP contribution in [-0.4, -0.2) is 18.4 Å². The first-order chi connectivity index (χ1) is 12.0. The first-order valence-electron chi connectivity index (χ1n) is 8.41. The Morgan fingerprint density at radius 3 is 2.60 bits per heavy atom. The van der Waals surface area contributed by atoms with E-state index in [1.54, 1.807) is 6.92 Å². The van der Waals surface area contributed by atoms with Gasteiger partial charge in [0.25, 0.3) is 0 Å².